The smallest absolute Gasteiger partial charge is 0.130 e. The Hall–Kier alpha value is -0.550. The van der Waals surface area contributed by atoms with E-state index in [1.165, 1.54) is 0 Å². The summed E-state index contributed by atoms with van der Waals surface area (Å²) in [5, 5.41) is 9.27. The van der Waals surface area contributed by atoms with Gasteiger partial charge in [0.2, 0.25) is 0 Å². The quantitative estimate of drug-likeness (QED) is 0.802. The van der Waals surface area contributed by atoms with Gasteiger partial charge in [-0.1, -0.05) is 46.1 Å². The third-order valence-corrected chi connectivity index (χ3v) is 4.56. The molecule has 0 aliphatic heterocycles. The third-order valence-electron chi connectivity index (χ3n) is 3.42. The van der Waals surface area contributed by atoms with Gasteiger partial charge in [0, 0.05) is 28.1 Å². The van der Waals surface area contributed by atoms with E-state index in [-0.39, 0.29) is 6.04 Å². The maximum absolute atomic E-state index is 6.35. The van der Waals surface area contributed by atoms with E-state index in [0.717, 1.165) is 39.3 Å². The fourth-order valence-electron chi connectivity index (χ4n) is 2.44. The van der Waals surface area contributed by atoms with Crippen molar-refractivity contribution >= 4 is 39.1 Å². The van der Waals surface area contributed by atoms with Crippen molar-refractivity contribution in [1.29, 1.82) is 0 Å². The van der Waals surface area contributed by atoms with Crippen LogP contribution < -0.4 is 5.32 Å². The first-order valence-electron chi connectivity index (χ1n) is 6.79. The Morgan fingerprint density at radius 1 is 1.33 bits per heavy atom. The van der Waals surface area contributed by atoms with Gasteiger partial charge in [-0.25, -0.2) is 0 Å². The van der Waals surface area contributed by atoms with Crippen molar-refractivity contribution < 1.29 is 0 Å². The van der Waals surface area contributed by atoms with Gasteiger partial charge >= 0.3 is 0 Å². The zero-order valence-electron chi connectivity index (χ0n) is 12.3. The van der Waals surface area contributed by atoms with Crippen LogP contribution in [0.5, 0.6) is 0 Å². The van der Waals surface area contributed by atoms with Gasteiger partial charge in [0.1, 0.15) is 5.15 Å². The van der Waals surface area contributed by atoms with Gasteiger partial charge in [-0.15, -0.1) is 0 Å². The van der Waals surface area contributed by atoms with Gasteiger partial charge in [-0.05, 0) is 43.7 Å². The van der Waals surface area contributed by atoms with Crippen LogP contribution in [-0.4, -0.2) is 16.3 Å². The summed E-state index contributed by atoms with van der Waals surface area (Å²) in [6.07, 6.45) is 0.777. The van der Waals surface area contributed by atoms with E-state index in [2.05, 4.69) is 39.3 Å². The number of benzene rings is 1. The third kappa shape index (κ3) is 4.01. The molecule has 1 unspecified atom stereocenters. The molecular weight excluding hydrogens is 373 g/mol. The summed E-state index contributed by atoms with van der Waals surface area (Å²) in [4.78, 5) is 0. The van der Waals surface area contributed by atoms with Crippen molar-refractivity contribution in [2.24, 2.45) is 7.05 Å². The molecule has 0 amide bonds. The summed E-state index contributed by atoms with van der Waals surface area (Å²) in [5.41, 5.74) is 3.17. The Labute approximate surface area is 143 Å². The lowest BCUT2D eigenvalue weighted by Gasteiger charge is -2.19. The summed E-state index contributed by atoms with van der Waals surface area (Å²) in [6, 6.07) is 6.10. The number of likely N-dealkylation sites (N-methyl/N-ethyl adjacent to an activating group) is 1. The summed E-state index contributed by atoms with van der Waals surface area (Å²) >= 11 is 16.0. The highest BCUT2D eigenvalue weighted by atomic mass is 79.9. The number of hydrogen-bond acceptors (Lipinski definition) is 2. The highest BCUT2D eigenvalue weighted by Gasteiger charge is 2.18. The van der Waals surface area contributed by atoms with Crippen molar-refractivity contribution in [3.05, 3.63) is 49.7 Å². The molecule has 114 valence electrons. The van der Waals surface area contributed by atoms with Crippen LogP contribution in [0.4, 0.5) is 0 Å². The van der Waals surface area contributed by atoms with Crippen LogP contribution in [0, 0.1) is 6.92 Å². The molecular formula is C15H18BrCl2N3. The van der Waals surface area contributed by atoms with Crippen LogP contribution >= 0.6 is 39.1 Å². The average Bonchev–Trinajstić information content (AvgIpc) is 2.63. The topological polar surface area (TPSA) is 29.9 Å². The molecule has 0 spiro atoms. The highest BCUT2D eigenvalue weighted by Crippen LogP contribution is 2.29. The molecule has 0 radical (unpaired) electrons. The second kappa shape index (κ2) is 7.14. The van der Waals surface area contributed by atoms with Gasteiger partial charge < -0.3 is 5.32 Å². The molecule has 1 atom stereocenters. The molecule has 2 aromatic rings. The summed E-state index contributed by atoms with van der Waals surface area (Å²) in [6.45, 7) is 4.94. The van der Waals surface area contributed by atoms with Gasteiger partial charge in [0.25, 0.3) is 0 Å². The van der Waals surface area contributed by atoms with E-state index in [0.29, 0.717) is 5.15 Å². The summed E-state index contributed by atoms with van der Waals surface area (Å²) in [7, 11) is 1.86. The lowest BCUT2D eigenvalue weighted by Crippen LogP contribution is -2.23. The molecule has 0 saturated carbocycles. The normalized spacial score (nSPS) is 12.7. The molecule has 2 rings (SSSR count). The lowest BCUT2D eigenvalue weighted by molar-refractivity contribution is 0.548. The maximum Gasteiger partial charge on any atom is 0.130 e. The van der Waals surface area contributed by atoms with Crippen LogP contribution in [0.2, 0.25) is 10.2 Å². The molecule has 6 heteroatoms. The molecule has 1 aromatic heterocycles. The molecule has 0 fully saturated rings. The van der Waals surface area contributed by atoms with Gasteiger partial charge in [-0.3, -0.25) is 4.68 Å². The van der Waals surface area contributed by atoms with Crippen LogP contribution in [0.15, 0.2) is 22.7 Å². The molecule has 1 heterocycles. The van der Waals surface area contributed by atoms with E-state index in [9.17, 15) is 0 Å². The molecule has 0 aliphatic rings. The fourth-order valence-corrected chi connectivity index (χ4v) is 3.58. The Morgan fingerprint density at radius 2 is 2.05 bits per heavy atom. The Kier molecular flexibility index (Phi) is 5.72. The van der Waals surface area contributed by atoms with Crippen LogP contribution in [-0.2, 0) is 13.5 Å². The second-order valence-electron chi connectivity index (χ2n) is 5.00. The predicted octanol–water partition coefficient (Wildman–Crippen LogP) is 4.69. The van der Waals surface area contributed by atoms with Crippen LogP contribution in [0.3, 0.4) is 0 Å². The number of halogens is 3. The van der Waals surface area contributed by atoms with E-state index < -0.39 is 0 Å². The number of aromatic nitrogens is 2. The summed E-state index contributed by atoms with van der Waals surface area (Å²) < 4.78 is 2.69. The average molecular weight is 391 g/mol. The SMILES string of the molecule is CCNC(Cc1c(C)nn(C)c1Cl)c1cc(Cl)cc(Br)c1. The molecule has 21 heavy (non-hydrogen) atoms. The van der Waals surface area contributed by atoms with Gasteiger partial charge in [0.15, 0.2) is 0 Å². The molecule has 3 nitrogen and oxygen atoms in total. The number of nitrogens with zero attached hydrogens (tertiary/aromatic N) is 2. The first kappa shape index (κ1) is 16.8. The van der Waals surface area contributed by atoms with E-state index in [1.807, 2.05) is 26.1 Å². The van der Waals surface area contributed by atoms with Crippen molar-refractivity contribution in [3.63, 3.8) is 0 Å². The maximum atomic E-state index is 6.35. The molecule has 0 saturated heterocycles. The summed E-state index contributed by atoms with van der Waals surface area (Å²) in [5.74, 6) is 0. The van der Waals surface area contributed by atoms with E-state index >= 15 is 0 Å². The first-order chi connectivity index (χ1) is 9.92. The molecule has 0 aliphatic carbocycles. The van der Waals surface area contributed by atoms with Crippen molar-refractivity contribution in [3.8, 4) is 0 Å². The van der Waals surface area contributed by atoms with Crippen molar-refractivity contribution in [2.45, 2.75) is 26.3 Å². The first-order valence-corrected chi connectivity index (χ1v) is 8.34. The Balaban J connectivity index is 2.35. The standard InChI is InChI=1S/C15H18BrCl2N3/c1-4-19-14(10-5-11(16)7-12(17)6-10)8-13-9(2)20-21(3)15(13)18/h5-7,14,19H,4,8H2,1-3H3. The molecule has 1 N–H and O–H groups in total. The van der Waals surface area contributed by atoms with E-state index in [4.69, 9.17) is 23.2 Å². The van der Waals surface area contributed by atoms with Crippen molar-refractivity contribution in [1.82, 2.24) is 15.1 Å². The zero-order chi connectivity index (χ0) is 15.6. The van der Waals surface area contributed by atoms with E-state index in [1.54, 1.807) is 4.68 Å². The minimum absolute atomic E-state index is 0.144. The van der Waals surface area contributed by atoms with Gasteiger partial charge in [-0.2, -0.15) is 5.10 Å². The lowest BCUT2D eigenvalue weighted by atomic mass is 9.99. The highest BCUT2D eigenvalue weighted by molar-refractivity contribution is 9.10. The van der Waals surface area contributed by atoms with Crippen LogP contribution in [0.25, 0.3) is 0 Å². The second-order valence-corrected chi connectivity index (χ2v) is 6.71. The fraction of sp³-hybridized carbons (Fsp3) is 0.400. The monoisotopic (exact) mass is 389 g/mol. The molecule has 1 aromatic carbocycles. The molecule has 0 bridgehead atoms. The van der Waals surface area contributed by atoms with Crippen LogP contribution in [0.1, 0.15) is 29.8 Å². The Morgan fingerprint density at radius 3 is 2.57 bits per heavy atom. The number of hydrogen-bond donors (Lipinski definition) is 1. The zero-order valence-corrected chi connectivity index (χ0v) is 15.3. The Bertz CT molecular complexity index is 620. The number of aryl methyl sites for hydroxylation is 2. The van der Waals surface area contributed by atoms with Gasteiger partial charge in [0.05, 0.1) is 5.69 Å². The minimum Gasteiger partial charge on any atom is -0.310 e. The number of rotatable bonds is 5. The predicted molar refractivity (Wildman–Crippen MR) is 92.2 cm³/mol. The number of nitrogens with one attached hydrogen (secondary N) is 1. The largest absolute Gasteiger partial charge is 0.310 e. The van der Waals surface area contributed by atoms with Crippen molar-refractivity contribution in [2.75, 3.05) is 6.54 Å². The minimum atomic E-state index is 0.144.